The second-order valence-corrected chi connectivity index (χ2v) is 8.65. The Morgan fingerprint density at radius 2 is 1.64 bits per heavy atom. The molecule has 2 aromatic heterocycles. The van der Waals surface area contributed by atoms with Gasteiger partial charge in [0, 0.05) is 47.1 Å². The van der Waals surface area contributed by atoms with Crippen molar-refractivity contribution in [2.24, 2.45) is 4.36 Å². The summed E-state index contributed by atoms with van der Waals surface area (Å²) in [5.74, 6) is 5.37. The van der Waals surface area contributed by atoms with Gasteiger partial charge in [0.25, 0.3) is 5.91 Å². The third kappa shape index (κ3) is 4.70. The maximum atomic E-state index is 13.0. The topological polar surface area (TPSA) is 72.3 Å². The summed E-state index contributed by atoms with van der Waals surface area (Å²) in [4.78, 5) is 21.1. The van der Waals surface area contributed by atoms with Gasteiger partial charge in [-0.25, -0.2) is 4.21 Å². The number of pyridine rings is 2. The number of rotatable bonds is 2. The van der Waals surface area contributed by atoms with Crippen LogP contribution in [0.3, 0.4) is 0 Å². The number of benzene rings is 1. The molecule has 5 nitrogen and oxygen atoms in total. The number of aromatic nitrogens is 2. The Morgan fingerprint density at radius 3 is 2.36 bits per heavy atom. The predicted octanol–water partition coefficient (Wildman–Crippen LogP) is 3.79. The average Bonchev–Trinajstić information content (AvgIpc) is 2.69. The highest BCUT2D eigenvalue weighted by Crippen LogP contribution is 2.17. The second kappa shape index (κ2) is 8.15. The summed E-state index contributed by atoms with van der Waals surface area (Å²) in [6.45, 7) is 3.91. The number of nitrogens with zero attached hydrogens (tertiary/aromatic N) is 3. The summed E-state index contributed by atoms with van der Waals surface area (Å²) in [5.41, 5.74) is 3.73. The van der Waals surface area contributed by atoms with Crippen LogP contribution in [0, 0.1) is 25.7 Å². The molecule has 1 atom stereocenters. The molecule has 0 aliphatic carbocycles. The van der Waals surface area contributed by atoms with Gasteiger partial charge in [-0.05, 0) is 55.3 Å². The summed E-state index contributed by atoms with van der Waals surface area (Å²) >= 11 is 0. The van der Waals surface area contributed by atoms with Gasteiger partial charge in [-0.1, -0.05) is 17.9 Å². The predicted molar refractivity (Wildman–Crippen MR) is 109 cm³/mol. The third-order valence-electron chi connectivity index (χ3n) is 4.19. The molecule has 1 aromatic carbocycles. The van der Waals surface area contributed by atoms with Gasteiger partial charge in [0.1, 0.15) is 0 Å². The van der Waals surface area contributed by atoms with Crippen LogP contribution >= 0.6 is 0 Å². The minimum absolute atomic E-state index is 0.250. The number of carbonyl (C=O) groups is 1. The summed E-state index contributed by atoms with van der Waals surface area (Å²) in [5, 5.41) is 0. The van der Waals surface area contributed by atoms with E-state index in [9.17, 15) is 9.00 Å². The molecule has 3 rings (SSSR count). The summed E-state index contributed by atoms with van der Waals surface area (Å²) in [6, 6.07) is 10.6. The number of hydrogen-bond donors (Lipinski definition) is 0. The summed E-state index contributed by atoms with van der Waals surface area (Å²) in [6.07, 6.45) is 7.75. The van der Waals surface area contributed by atoms with E-state index in [1.807, 2.05) is 26.0 Å². The molecule has 6 heteroatoms. The maximum absolute atomic E-state index is 13.0. The molecule has 2 heterocycles. The fraction of sp³-hybridized carbons (Fsp3) is 0.136. The van der Waals surface area contributed by atoms with E-state index in [0.29, 0.717) is 10.5 Å². The van der Waals surface area contributed by atoms with Crippen LogP contribution in [0.5, 0.6) is 0 Å². The van der Waals surface area contributed by atoms with Crippen LogP contribution in [0.2, 0.25) is 0 Å². The van der Waals surface area contributed by atoms with Crippen molar-refractivity contribution in [3.63, 3.8) is 0 Å². The highest BCUT2D eigenvalue weighted by molar-refractivity contribution is 7.93. The van der Waals surface area contributed by atoms with Gasteiger partial charge in [-0.2, -0.15) is 4.36 Å². The molecule has 0 saturated heterocycles. The average molecular weight is 389 g/mol. The fourth-order valence-electron chi connectivity index (χ4n) is 2.42. The smallest absolute Gasteiger partial charge is 0.266 e. The zero-order valence-electron chi connectivity index (χ0n) is 15.8. The normalized spacial score (nSPS) is 12.4. The van der Waals surface area contributed by atoms with Crippen molar-refractivity contribution in [2.45, 2.75) is 18.7 Å². The Balaban J connectivity index is 1.90. The molecule has 0 bridgehead atoms. The Morgan fingerprint density at radius 1 is 0.929 bits per heavy atom. The van der Waals surface area contributed by atoms with Crippen LogP contribution in [-0.2, 0) is 9.73 Å². The van der Waals surface area contributed by atoms with Gasteiger partial charge in [0.2, 0.25) is 0 Å². The highest BCUT2D eigenvalue weighted by Gasteiger charge is 2.13. The Labute approximate surface area is 165 Å². The van der Waals surface area contributed by atoms with Gasteiger partial charge >= 0.3 is 0 Å². The lowest BCUT2D eigenvalue weighted by Crippen LogP contribution is -2.05. The van der Waals surface area contributed by atoms with E-state index < -0.39 is 15.6 Å². The molecule has 1 unspecified atom stereocenters. The van der Waals surface area contributed by atoms with Crippen molar-refractivity contribution >= 4 is 15.6 Å². The summed E-state index contributed by atoms with van der Waals surface area (Å²) < 4.78 is 17.0. The van der Waals surface area contributed by atoms with Crippen molar-refractivity contribution < 1.29 is 9.00 Å². The SMILES string of the molecule is Cc1ccc(S(C)(=O)=NC(=O)c2cncc(C#Cc3ccncc3)c2)cc1C. The first-order valence-corrected chi connectivity index (χ1v) is 10.5. The van der Waals surface area contributed by atoms with Gasteiger partial charge in [-0.15, -0.1) is 0 Å². The van der Waals surface area contributed by atoms with E-state index >= 15 is 0 Å². The van der Waals surface area contributed by atoms with E-state index in [0.717, 1.165) is 16.7 Å². The zero-order chi connectivity index (χ0) is 20.1. The number of aryl methyl sites for hydroxylation is 2. The lowest BCUT2D eigenvalue weighted by atomic mass is 10.1. The number of amides is 1. The molecule has 28 heavy (non-hydrogen) atoms. The van der Waals surface area contributed by atoms with Crippen molar-refractivity contribution in [3.8, 4) is 11.8 Å². The lowest BCUT2D eigenvalue weighted by molar-refractivity contribution is 0.100. The van der Waals surface area contributed by atoms with E-state index in [2.05, 4.69) is 26.2 Å². The van der Waals surface area contributed by atoms with E-state index in [1.165, 1.54) is 12.5 Å². The van der Waals surface area contributed by atoms with Crippen LogP contribution < -0.4 is 0 Å². The van der Waals surface area contributed by atoms with Crippen molar-refractivity contribution in [3.05, 3.63) is 89.0 Å². The Kier molecular flexibility index (Phi) is 5.67. The maximum Gasteiger partial charge on any atom is 0.286 e. The van der Waals surface area contributed by atoms with E-state index in [4.69, 9.17) is 0 Å². The molecule has 3 aromatic rings. The van der Waals surface area contributed by atoms with Crippen molar-refractivity contribution in [2.75, 3.05) is 6.26 Å². The van der Waals surface area contributed by atoms with Gasteiger partial charge in [0.05, 0.1) is 15.3 Å². The molecular weight excluding hydrogens is 370 g/mol. The van der Waals surface area contributed by atoms with Gasteiger partial charge in [0.15, 0.2) is 0 Å². The Hall–Kier alpha value is -3.30. The molecule has 0 N–H and O–H groups in total. The highest BCUT2D eigenvalue weighted by atomic mass is 32.2. The van der Waals surface area contributed by atoms with Crippen LogP contribution in [-0.4, -0.2) is 26.3 Å². The first-order chi connectivity index (χ1) is 13.3. The molecule has 0 spiro atoms. The minimum atomic E-state index is -2.86. The van der Waals surface area contributed by atoms with Crippen molar-refractivity contribution in [1.82, 2.24) is 9.97 Å². The van der Waals surface area contributed by atoms with Gasteiger partial charge < -0.3 is 0 Å². The largest absolute Gasteiger partial charge is 0.286 e. The minimum Gasteiger partial charge on any atom is -0.266 e. The molecule has 0 fully saturated rings. The molecule has 0 saturated carbocycles. The monoisotopic (exact) mass is 389 g/mol. The fourth-order valence-corrected chi connectivity index (χ4v) is 3.66. The standard InChI is InChI=1S/C22H19N3O2S/c1-16-4-7-21(12-17(16)2)28(3,27)25-22(26)20-13-19(14-24-15-20)6-5-18-8-10-23-11-9-18/h4,7-15H,1-3H3. The molecule has 140 valence electrons. The number of carbonyl (C=O) groups excluding carboxylic acids is 1. The molecule has 0 aliphatic heterocycles. The molecule has 0 aliphatic rings. The molecular formula is C22H19N3O2S. The van der Waals surface area contributed by atoms with Crippen LogP contribution in [0.25, 0.3) is 0 Å². The third-order valence-corrected chi connectivity index (χ3v) is 5.83. The van der Waals surface area contributed by atoms with Crippen LogP contribution in [0.4, 0.5) is 0 Å². The lowest BCUT2D eigenvalue weighted by Gasteiger charge is -2.07. The quantitative estimate of drug-likeness (QED) is 0.625. The van der Waals surface area contributed by atoms with E-state index in [1.54, 1.807) is 42.9 Å². The summed E-state index contributed by atoms with van der Waals surface area (Å²) in [7, 11) is -2.86. The van der Waals surface area contributed by atoms with Crippen LogP contribution in [0.15, 0.2) is 70.4 Å². The van der Waals surface area contributed by atoms with Crippen molar-refractivity contribution in [1.29, 1.82) is 0 Å². The first kappa shape index (κ1) is 19.5. The molecule has 0 radical (unpaired) electrons. The molecule has 1 amide bonds. The second-order valence-electron chi connectivity index (χ2n) is 6.39. The zero-order valence-corrected chi connectivity index (χ0v) is 16.7. The Bertz CT molecular complexity index is 1220. The first-order valence-electron chi connectivity index (χ1n) is 8.56. The van der Waals surface area contributed by atoms with Crippen LogP contribution in [0.1, 0.15) is 32.6 Å². The van der Waals surface area contributed by atoms with E-state index in [-0.39, 0.29) is 5.56 Å². The van der Waals surface area contributed by atoms with Gasteiger partial charge in [-0.3, -0.25) is 14.8 Å². The number of hydrogen-bond acceptors (Lipinski definition) is 4.